The van der Waals surface area contributed by atoms with E-state index < -0.39 is 0 Å². The maximum absolute atomic E-state index is 6.17. The van der Waals surface area contributed by atoms with E-state index in [4.69, 9.17) is 14.4 Å². The van der Waals surface area contributed by atoms with E-state index in [9.17, 15) is 0 Å². The molecule has 4 heterocycles. The molecule has 0 amide bonds. The third-order valence-corrected chi connectivity index (χ3v) is 9.93. The van der Waals surface area contributed by atoms with Crippen LogP contribution in [0.2, 0.25) is 0 Å². The van der Waals surface area contributed by atoms with Crippen molar-refractivity contribution >= 4 is 76.5 Å². The highest BCUT2D eigenvalue weighted by molar-refractivity contribution is 6.28. The molecule has 49 heavy (non-hydrogen) atoms. The number of rotatable bonds is 3. The van der Waals surface area contributed by atoms with E-state index in [0.717, 1.165) is 60.8 Å². The van der Waals surface area contributed by atoms with Gasteiger partial charge in [-0.15, -0.1) is 0 Å². The number of aromatic nitrogens is 4. The van der Waals surface area contributed by atoms with Crippen molar-refractivity contribution in [2.45, 2.75) is 0 Å². The Labute approximate surface area is 279 Å². The highest BCUT2D eigenvalue weighted by atomic mass is 16.3. The fraction of sp³-hybridized carbons (Fsp3) is 0. The average Bonchev–Trinajstić information content (AvgIpc) is 3.82. The zero-order valence-corrected chi connectivity index (χ0v) is 26.2. The summed E-state index contributed by atoms with van der Waals surface area (Å²) >= 11 is 0. The molecule has 0 fully saturated rings. The van der Waals surface area contributed by atoms with Gasteiger partial charge in [0.05, 0.1) is 33.3 Å². The van der Waals surface area contributed by atoms with E-state index in [0.29, 0.717) is 5.95 Å². The molecule has 0 unspecified atom stereocenters. The number of furan rings is 1. The van der Waals surface area contributed by atoms with Crippen LogP contribution in [0.1, 0.15) is 0 Å². The first-order valence-electron chi connectivity index (χ1n) is 16.5. The lowest BCUT2D eigenvalue weighted by atomic mass is 10.0. The Morgan fingerprint density at radius 3 is 1.78 bits per heavy atom. The standard InChI is InChI=1S/C44H26N4O/c1-2-12-28(13-3-1)47-35-19-9-5-16-31(35)41-37(47)23-24-38-42(41)32-17-6-10-20-36(32)48(38)44-45-34-18-8-4-15-30(34)43(46-44)27-22-25-40-33(26-27)29-14-7-11-21-39(29)49-40/h1-26H. The normalized spacial score (nSPS) is 12.1. The van der Waals surface area contributed by atoms with Crippen LogP contribution in [0.4, 0.5) is 0 Å². The summed E-state index contributed by atoms with van der Waals surface area (Å²) in [5.74, 6) is 0.642. The van der Waals surface area contributed by atoms with E-state index in [1.165, 1.54) is 32.6 Å². The third-order valence-electron chi connectivity index (χ3n) is 9.93. The largest absolute Gasteiger partial charge is 0.456 e. The highest BCUT2D eigenvalue weighted by Gasteiger charge is 2.22. The smallest absolute Gasteiger partial charge is 0.235 e. The van der Waals surface area contributed by atoms with Crippen molar-refractivity contribution in [2.24, 2.45) is 0 Å². The van der Waals surface area contributed by atoms with Gasteiger partial charge in [-0.3, -0.25) is 4.57 Å². The molecule has 0 saturated carbocycles. The minimum Gasteiger partial charge on any atom is -0.456 e. The van der Waals surface area contributed by atoms with Gasteiger partial charge in [0.2, 0.25) is 5.95 Å². The molecule has 0 aliphatic carbocycles. The second-order valence-corrected chi connectivity index (χ2v) is 12.6. The Kier molecular flexibility index (Phi) is 5.32. The summed E-state index contributed by atoms with van der Waals surface area (Å²) in [6.45, 7) is 0. The number of hydrogen-bond donors (Lipinski definition) is 0. The van der Waals surface area contributed by atoms with Crippen LogP contribution >= 0.6 is 0 Å². The SMILES string of the molecule is c1ccc(-n2c3ccccc3c3c4c5ccccc5n(-c5nc(-c6ccc7oc8ccccc8c7c6)c6ccccc6n5)c4ccc32)cc1. The minimum atomic E-state index is 0.642. The van der Waals surface area contributed by atoms with E-state index >= 15 is 0 Å². The molecule has 0 radical (unpaired) electrons. The first-order valence-corrected chi connectivity index (χ1v) is 16.5. The molecule has 228 valence electrons. The molecule has 0 saturated heterocycles. The van der Waals surface area contributed by atoms with E-state index in [1.54, 1.807) is 0 Å². The van der Waals surface area contributed by atoms with Gasteiger partial charge in [0.1, 0.15) is 11.2 Å². The van der Waals surface area contributed by atoms with Crippen molar-refractivity contribution in [3.8, 4) is 22.9 Å². The number of fused-ring (bicyclic) bond motifs is 11. The summed E-state index contributed by atoms with van der Waals surface area (Å²) in [7, 11) is 0. The van der Waals surface area contributed by atoms with Gasteiger partial charge >= 0.3 is 0 Å². The predicted molar refractivity (Wildman–Crippen MR) is 201 cm³/mol. The van der Waals surface area contributed by atoms with Crippen LogP contribution in [-0.2, 0) is 0 Å². The van der Waals surface area contributed by atoms with Crippen LogP contribution in [0.5, 0.6) is 0 Å². The van der Waals surface area contributed by atoms with Gasteiger partial charge in [-0.05, 0) is 66.7 Å². The van der Waals surface area contributed by atoms with Gasteiger partial charge in [0.25, 0.3) is 0 Å². The average molecular weight is 627 g/mol. The molecular weight excluding hydrogens is 601 g/mol. The molecule has 0 aliphatic rings. The van der Waals surface area contributed by atoms with Crippen molar-refractivity contribution in [1.29, 1.82) is 0 Å². The number of hydrogen-bond acceptors (Lipinski definition) is 3. The number of para-hydroxylation sites is 5. The van der Waals surface area contributed by atoms with Gasteiger partial charge in [-0.1, -0.05) is 91.0 Å². The third kappa shape index (κ3) is 3.70. The van der Waals surface area contributed by atoms with Gasteiger partial charge in [-0.2, -0.15) is 0 Å². The Morgan fingerprint density at radius 2 is 1.00 bits per heavy atom. The van der Waals surface area contributed by atoms with Gasteiger partial charge < -0.3 is 8.98 Å². The molecule has 5 heteroatoms. The molecule has 0 bridgehead atoms. The Bertz CT molecular complexity index is 3110. The number of nitrogens with zero attached hydrogens (tertiary/aromatic N) is 4. The molecule has 5 nitrogen and oxygen atoms in total. The summed E-state index contributed by atoms with van der Waals surface area (Å²) in [6, 6.07) is 55.3. The molecular formula is C44H26N4O. The molecule has 0 N–H and O–H groups in total. The van der Waals surface area contributed by atoms with Crippen LogP contribution in [-0.4, -0.2) is 19.1 Å². The molecule has 7 aromatic carbocycles. The van der Waals surface area contributed by atoms with Crippen LogP contribution < -0.4 is 0 Å². The molecule has 0 spiro atoms. The predicted octanol–water partition coefficient (Wildman–Crippen LogP) is 11.4. The van der Waals surface area contributed by atoms with Crippen LogP contribution in [0.25, 0.3) is 99.3 Å². The first kappa shape index (κ1) is 26.4. The zero-order valence-electron chi connectivity index (χ0n) is 26.2. The van der Waals surface area contributed by atoms with E-state index in [1.807, 2.05) is 18.2 Å². The van der Waals surface area contributed by atoms with Crippen molar-refractivity contribution < 1.29 is 4.42 Å². The summed E-state index contributed by atoms with van der Waals surface area (Å²) < 4.78 is 10.8. The fourth-order valence-electron chi connectivity index (χ4n) is 7.85. The molecule has 11 aromatic rings. The van der Waals surface area contributed by atoms with E-state index in [2.05, 4.69) is 149 Å². The lowest BCUT2D eigenvalue weighted by molar-refractivity contribution is 0.669. The van der Waals surface area contributed by atoms with Crippen LogP contribution in [0, 0.1) is 0 Å². The van der Waals surface area contributed by atoms with E-state index in [-0.39, 0.29) is 0 Å². The van der Waals surface area contributed by atoms with Crippen molar-refractivity contribution in [3.63, 3.8) is 0 Å². The lowest BCUT2D eigenvalue weighted by Crippen LogP contribution is -2.03. The Morgan fingerprint density at radius 1 is 0.408 bits per heavy atom. The summed E-state index contributed by atoms with van der Waals surface area (Å²) in [5.41, 5.74) is 10.2. The van der Waals surface area contributed by atoms with Crippen LogP contribution in [0.15, 0.2) is 162 Å². The first-order chi connectivity index (χ1) is 24.3. The Balaban J connectivity index is 1.24. The van der Waals surface area contributed by atoms with Gasteiger partial charge in [0, 0.05) is 49.0 Å². The molecule has 0 aliphatic heterocycles. The van der Waals surface area contributed by atoms with Gasteiger partial charge in [0.15, 0.2) is 0 Å². The maximum Gasteiger partial charge on any atom is 0.235 e. The molecule has 4 aromatic heterocycles. The Hall–Kier alpha value is -6.72. The molecule has 11 rings (SSSR count). The monoisotopic (exact) mass is 626 g/mol. The van der Waals surface area contributed by atoms with Crippen LogP contribution in [0.3, 0.4) is 0 Å². The molecule has 0 atom stereocenters. The maximum atomic E-state index is 6.17. The fourth-order valence-corrected chi connectivity index (χ4v) is 7.85. The second-order valence-electron chi connectivity index (χ2n) is 12.6. The summed E-state index contributed by atoms with van der Waals surface area (Å²) in [5, 5.41) is 7.99. The van der Waals surface area contributed by atoms with Crippen molar-refractivity contribution in [1.82, 2.24) is 19.1 Å². The zero-order chi connectivity index (χ0) is 32.1. The number of benzene rings is 7. The summed E-state index contributed by atoms with van der Waals surface area (Å²) in [4.78, 5) is 10.6. The summed E-state index contributed by atoms with van der Waals surface area (Å²) in [6.07, 6.45) is 0. The quantitative estimate of drug-likeness (QED) is 0.196. The minimum absolute atomic E-state index is 0.642. The topological polar surface area (TPSA) is 48.8 Å². The van der Waals surface area contributed by atoms with Crippen molar-refractivity contribution in [2.75, 3.05) is 0 Å². The second kappa shape index (κ2) is 9.89. The highest BCUT2D eigenvalue weighted by Crippen LogP contribution is 2.42. The van der Waals surface area contributed by atoms with Crippen molar-refractivity contribution in [3.05, 3.63) is 158 Å². The lowest BCUT2D eigenvalue weighted by Gasteiger charge is -2.12. The van der Waals surface area contributed by atoms with Gasteiger partial charge in [-0.25, -0.2) is 9.97 Å².